The van der Waals surface area contributed by atoms with Crippen LogP contribution in [0, 0.1) is 10.1 Å². The molecule has 0 unspecified atom stereocenters. The van der Waals surface area contributed by atoms with Crippen LogP contribution in [0.2, 0.25) is 0 Å². The van der Waals surface area contributed by atoms with E-state index in [2.05, 4.69) is 15.5 Å². The average molecular weight is 534 g/mol. The van der Waals surface area contributed by atoms with Crippen molar-refractivity contribution in [3.63, 3.8) is 0 Å². The number of nitro benzene ring substituents is 1. The molecule has 2 aromatic carbocycles. The fourth-order valence-electron chi connectivity index (χ4n) is 2.52. The van der Waals surface area contributed by atoms with Gasteiger partial charge in [-0.1, -0.05) is 0 Å². The predicted molar refractivity (Wildman–Crippen MR) is 124 cm³/mol. The number of thioether (sulfide) groups is 1. The van der Waals surface area contributed by atoms with Gasteiger partial charge < -0.3 is 11.1 Å². The van der Waals surface area contributed by atoms with Crippen LogP contribution < -0.4 is 11.1 Å². The highest BCUT2D eigenvalue weighted by atomic mass is 32.2. The summed E-state index contributed by atoms with van der Waals surface area (Å²) in [7, 11) is -9.00. The molecule has 14 nitrogen and oxygen atoms in total. The largest absolute Gasteiger partial charge is 0.398 e. The van der Waals surface area contributed by atoms with E-state index in [0.717, 1.165) is 23.9 Å². The van der Waals surface area contributed by atoms with Crippen LogP contribution in [0.15, 0.2) is 50.4 Å². The second-order valence-electron chi connectivity index (χ2n) is 6.66. The summed E-state index contributed by atoms with van der Waals surface area (Å²) in [6, 6.07) is 5.33. The van der Waals surface area contributed by atoms with E-state index in [1.165, 1.54) is 19.1 Å². The van der Waals surface area contributed by atoms with Crippen LogP contribution >= 0.6 is 11.8 Å². The first kappa shape index (κ1) is 27.1. The van der Waals surface area contributed by atoms with Crippen molar-refractivity contribution in [2.75, 3.05) is 22.6 Å². The van der Waals surface area contributed by atoms with Gasteiger partial charge in [0.2, 0.25) is 5.91 Å². The van der Waals surface area contributed by atoms with Gasteiger partial charge in [0.05, 0.1) is 16.4 Å². The molecule has 0 heterocycles. The van der Waals surface area contributed by atoms with Crippen molar-refractivity contribution in [2.45, 2.75) is 23.1 Å². The van der Waals surface area contributed by atoms with Gasteiger partial charge in [0.15, 0.2) is 0 Å². The number of azo groups is 1. The Labute approximate surface area is 198 Å². The van der Waals surface area contributed by atoms with Gasteiger partial charge in [0.1, 0.15) is 16.3 Å². The molecule has 184 valence electrons. The van der Waals surface area contributed by atoms with Gasteiger partial charge in [0.25, 0.3) is 25.9 Å². The smallest absolute Gasteiger partial charge is 0.297 e. The number of carbonyl (C=O) groups is 1. The van der Waals surface area contributed by atoms with Crippen molar-refractivity contribution < 1.29 is 35.7 Å². The lowest BCUT2D eigenvalue weighted by Crippen LogP contribution is -2.07. The van der Waals surface area contributed by atoms with Crippen molar-refractivity contribution in [1.82, 2.24) is 0 Å². The summed E-state index contributed by atoms with van der Waals surface area (Å²) >= 11 is 1.14. The topological polar surface area (TPSA) is 232 Å². The van der Waals surface area contributed by atoms with Crippen molar-refractivity contribution in [3.05, 3.63) is 40.4 Å². The van der Waals surface area contributed by atoms with E-state index < -0.39 is 53.1 Å². The fraction of sp³-hybridized carbons (Fsp3) is 0.235. The molecule has 0 aliphatic rings. The molecule has 34 heavy (non-hydrogen) atoms. The molecule has 0 fully saturated rings. The van der Waals surface area contributed by atoms with Crippen LogP contribution in [0.5, 0.6) is 0 Å². The number of hydrogen-bond donors (Lipinski definition) is 4. The second-order valence-corrected chi connectivity index (χ2v) is 10.8. The second kappa shape index (κ2) is 10.9. The number of hydrogen-bond acceptors (Lipinski definition) is 11. The van der Waals surface area contributed by atoms with Gasteiger partial charge in [-0.2, -0.15) is 16.8 Å². The number of benzene rings is 2. The number of nitrogens with two attached hydrogens (primary N) is 1. The van der Waals surface area contributed by atoms with Crippen molar-refractivity contribution >= 4 is 66.3 Å². The Hall–Kier alpha value is -3.12. The summed E-state index contributed by atoms with van der Waals surface area (Å²) in [4.78, 5) is 21.2. The maximum absolute atomic E-state index is 11.7. The highest BCUT2D eigenvalue weighted by Gasteiger charge is 2.20. The quantitative estimate of drug-likeness (QED) is 0.0658. The molecule has 5 N–H and O–H groups in total. The molecule has 2 rings (SSSR count). The molecule has 2 aromatic rings. The molecule has 0 saturated heterocycles. The van der Waals surface area contributed by atoms with E-state index in [1.54, 1.807) is 0 Å². The summed E-state index contributed by atoms with van der Waals surface area (Å²) in [6.45, 7) is 1.22. The minimum atomic E-state index is -4.89. The maximum atomic E-state index is 11.7. The predicted octanol–water partition coefficient (Wildman–Crippen LogP) is 3.17. The minimum absolute atomic E-state index is 0.0290. The molecule has 0 aromatic heterocycles. The van der Waals surface area contributed by atoms with E-state index in [0.29, 0.717) is 11.0 Å². The number of anilines is 2. The van der Waals surface area contributed by atoms with Gasteiger partial charge in [0, 0.05) is 29.6 Å². The summed E-state index contributed by atoms with van der Waals surface area (Å²) in [5, 5.41) is 21.1. The van der Waals surface area contributed by atoms with E-state index in [-0.39, 0.29) is 29.2 Å². The van der Waals surface area contributed by atoms with Crippen LogP contribution in [0.3, 0.4) is 0 Å². The lowest BCUT2D eigenvalue weighted by Gasteiger charge is -2.11. The number of amides is 1. The van der Waals surface area contributed by atoms with Gasteiger partial charge in [-0.25, -0.2) is 0 Å². The first-order valence-electron chi connectivity index (χ1n) is 9.14. The van der Waals surface area contributed by atoms with Crippen molar-refractivity contribution in [1.29, 1.82) is 0 Å². The Kier molecular flexibility index (Phi) is 8.67. The van der Waals surface area contributed by atoms with Crippen LogP contribution in [0.4, 0.5) is 28.4 Å². The van der Waals surface area contributed by atoms with Crippen molar-refractivity contribution in [2.24, 2.45) is 10.2 Å². The molecule has 0 spiro atoms. The standard InChI is InChI=1S/C17H19N5O9S3/c1-10(23)19-14-8-12(18)16(32-5-2-6-33(26,27)28)9-15(14)21-20-13-4-3-11(22(24)25)7-17(13)34(29,30)31/h3-4,7-9H,2,5-6,18H2,1H3,(H,19,23)(H,26,27,28)(H,29,30,31). The molecule has 17 heteroatoms. The zero-order valence-electron chi connectivity index (χ0n) is 17.4. The summed E-state index contributed by atoms with van der Waals surface area (Å²) in [5.74, 6) is -0.664. The highest BCUT2D eigenvalue weighted by molar-refractivity contribution is 7.99. The normalized spacial score (nSPS) is 12.1. The number of nitrogens with zero attached hydrogens (tertiary/aromatic N) is 3. The Morgan fingerprint density at radius 3 is 2.35 bits per heavy atom. The number of nitro groups is 1. The lowest BCUT2D eigenvalue weighted by molar-refractivity contribution is -0.385. The zero-order valence-corrected chi connectivity index (χ0v) is 19.9. The molecular weight excluding hydrogens is 514 g/mol. The summed E-state index contributed by atoms with van der Waals surface area (Å²) < 4.78 is 63.2. The van der Waals surface area contributed by atoms with Crippen molar-refractivity contribution in [3.8, 4) is 0 Å². The summed E-state index contributed by atoms with van der Waals surface area (Å²) in [5.41, 5.74) is 5.34. The Morgan fingerprint density at radius 1 is 1.15 bits per heavy atom. The van der Waals surface area contributed by atoms with Crippen LogP contribution in [-0.2, 0) is 25.0 Å². The number of nitrogens with one attached hydrogen (secondary N) is 1. The van der Waals surface area contributed by atoms with Crippen LogP contribution in [0.1, 0.15) is 13.3 Å². The first-order chi connectivity index (χ1) is 15.7. The highest BCUT2D eigenvalue weighted by Crippen LogP contribution is 2.38. The monoisotopic (exact) mass is 533 g/mol. The molecule has 0 aliphatic heterocycles. The maximum Gasteiger partial charge on any atom is 0.297 e. The van der Waals surface area contributed by atoms with Gasteiger partial charge in [-0.3, -0.25) is 24.0 Å². The summed E-state index contributed by atoms with van der Waals surface area (Å²) in [6.07, 6.45) is 0.119. The number of non-ortho nitro benzene ring substituents is 1. The Balaban J connectivity index is 2.46. The minimum Gasteiger partial charge on any atom is -0.398 e. The van der Waals surface area contributed by atoms with E-state index >= 15 is 0 Å². The molecule has 0 radical (unpaired) electrons. The van der Waals surface area contributed by atoms with E-state index in [9.17, 15) is 36.3 Å². The third kappa shape index (κ3) is 8.03. The zero-order chi connectivity index (χ0) is 25.7. The van der Waals surface area contributed by atoms with Crippen LogP contribution in [-0.4, -0.2) is 48.3 Å². The number of carbonyl (C=O) groups excluding carboxylic acids is 1. The fourth-order valence-corrected chi connectivity index (χ4v) is 4.78. The SMILES string of the molecule is CC(=O)Nc1cc(N)c(SCCCS(=O)(=O)O)cc1N=Nc1ccc([N+](=O)[O-])cc1S(=O)(=O)O. The Morgan fingerprint density at radius 2 is 1.79 bits per heavy atom. The average Bonchev–Trinajstić information content (AvgIpc) is 2.69. The molecule has 0 saturated carbocycles. The third-order valence-corrected chi connectivity index (χ3v) is 6.79. The van der Waals surface area contributed by atoms with E-state index in [1.807, 2.05) is 0 Å². The van der Waals surface area contributed by atoms with Gasteiger partial charge in [-0.05, 0) is 30.4 Å². The molecule has 1 amide bonds. The molecule has 0 aliphatic carbocycles. The Bertz CT molecular complexity index is 1360. The van der Waals surface area contributed by atoms with Gasteiger partial charge >= 0.3 is 0 Å². The first-order valence-corrected chi connectivity index (χ1v) is 13.2. The molecule has 0 atom stereocenters. The number of rotatable bonds is 10. The van der Waals surface area contributed by atoms with E-state index in [4.69, 9.17) is 10.3 Å². The molecule has 0 bridgehead atoms. The van der Waals surface area contributed by atoms with Crippen LogP contribution in [0.25, 0.3) is 0 Å². The third-order valence-electron chi connectivity index (χ3n) is 3.94. The lowest BCUT2D eigenvalue weighted by atomic mass is 10.2. The van der Waals surface area contributed by atoms with Gasteiger partial charge in [-0.15, -0.1) is 22.0 Å². The number of nitrogen functional groups attached to an aromatic ring is 1. The molecular formula is C17H19N5O9S3.